The third kappa shape index (κ3) is 3.18. The maximum atomic E-state index is 13.9. The van der Waals surface area contributed by atoms with Crippen molar-refractivity contribution in [2.75, 3.05) is 24.5 Å². The Bertz CT molecular complexity index is 704. The van der Waals surface area contributed by atoms with Crippen LogP contribution in [0, 0.1) is 23.0 Å². The van der Waals surface area contributed by atoms with Crippen LogP contribution >= 0.6 is 12.4 Å². The molecule has 1 saturated carbocycles. The van der Waals surface area contributed by atoms with Gasteiger partial charge in [-0.15, -0.1) is 12.4 Å². The third-order valence-corrected chi connectivity index (χ3v) is 5.84. The molecule has 0 radical (unpaired) electrons. The van der Waals surface area contributed by atoms with E-state index in [9.17, 15) is 18.4 Å². The summed E-state index contributed by atoms with van der Waals surface area (Å²) in [7, 11) is 0. The zero-order valence-corrected chi connectivity index (χ0v) is 15.1. The van der Waals surface area contributed by atoms with E-state index in [1.807, 2.05) is 0 Å². The van der Waals surface area contributed by atoms with E-state index >= 15 is 0 Å². The number of piperidine rings is 1. The Morgan fingerprint density at radius 1 is 1.23 bits per heavy atom. The molecule has 5 nitrogen and oxygen atoms in total. The first-order valence-electron chi connectivity index (χ1n) is 8.78. The lowest BCUT2D eigenvalue weighted by molar-refractivity contribution is -0.128. The molecule has 1 aliphatic carbocycles. The van der Waals surface area contributed by atoms with E-state index in [4.69, 9.17) is 0 Å². The van der Waals surface area contributed by atoms with E-state index in [0.717, 1.165) is 49.4 Å². The highest BCUT2D eigenvalue weighted by Gasteiger charge is 2.58. The molecule has 1 spiro atoms. The van der Waals surface area contributed by atoms with Crippen LogP contribution in [0.4, 0.5) is 14.5 Å². The van der Waals surface area contributed by atoms with Crippen LogP contribution in [-0.2, 0) is 9.59 Å². The Labute approximate surface area is 156 Å². The molecule has 3 aliphatic rings. The first kappa shape index (κ1) is 19.0. The van der Waals surface area contributed by atoms with Gasteiger partial charge >= 0.3 is 0 Å². The number of amides is 2. The molecular formula is C18H22ClF2N3O2. The van der Waals surface area contributed by atoms with Gasteiger partial charge in [0, 0.05) is 12.5 Å². The quantitative estimate of drug-likeness (QED) is 0.836. The lowest BCUT2D eigenvalue weighted by atomic mass is 9.91. The van der Waals surface area contributed by atoms with E-state index in [1.54, 1.807) is 0 Å². The molecule has 2 atom stereocenters. The summed E-state index contributed by atoms with van der Waals surface area (Å²) in [5.41, 5.74) is -0.237. The van der Waals surface area contributed by atoms with Gasteiger partial charge in [-0.05, 0) is 56.3 Å². The van der Waals surface area contributed by atoms with Gasteiger partial charge in [-0.25, -0.2) is 8.78 Å². The molecule has 2 amide bonds. The number of halogens is 3. The lowest BCUT2D eigenvalue weighted by Crippen LogP contribution is -2.43. The highest BCUT2D eigenvalue weighted by atomic mass is 35.5. The number of nitrogens with one attached hydrogen (secondary N) is 2. The number of carbonyl (C=O) groups excluding carboxylic acids is 2. The summed E-state index contributed by atoms with van der Waals surface area (Å²) in [6.07, 6.45) is 3.19. The molecule has 3 fully saturated rings. The van der Waals surface area contributed by atoms with Crippen LogP contribution in [0.25, 0.3) is 0 Å². The van der Waals surface area contributed by atoms with Crippen molar-refractivity contribution >= 4 is 29.9 Å². The summed E-state index contributed by atoms with van der Waals surface area (Å²) in [6, 6.07) is 2.82. The predicted molar refractivity (Wildman–Crippen MR) is 95.2 cm³/mol. The largest absolute Gasteiger partial charge is 0.344 e. The summed E-state index contributed by atoms with van der Waals surface area (Å²) >= 11 is 0. The van der Waals surface area contributed by atoms with E-state index in [0.29, 0.717) is 6.42 Å². The van der Waals surface area contributed by atoms with Crippen molar-refractivity contribution in [2.24, 2.45) is 11.3 Å². The minimum absolute atomic E-state index is 0. The number of hydrogen-bond acceptors (Lipinski definition) is 3. The molecule has 0 bridgehead atoms. The minimum Gasteiger partial charge on any atom is -0.344 e. The van der Waals surface area contributed by atoms with Crippen molar-refractivity contribution in [3.8, 4) is 0 Å². The fraction of sp³-hybridized carbons (Fsp3) is 0.556. The summed E-state index contributed by atoms with van der Waals surface area (Å²) in [5, 5.41) is 6.10. The Morgan fingerprint density at radius 3 is 2.54 bits per heavy atom. The Hall–Kier alpha value is -1.73. The van der Waals surface area contributed by atoms with Gasteiger partial charge in [0.05, 0.1) is 0 Å². The molecule has 0 aromatic heterocycles. The lowest BCUT2D eigenvalue weighted by Gasteiger charge is -2.23. The number of benzene rings is 1. The summed E-state index contributed by atoms with van der Waals surface area (Å²) in [4.78, 5) is 26.1. The van der Waals surface area contributed by atoms with Crippen LogP contribution in [0.3, 0.4) is 0 Å². The standard InChI is InChI=1S/C18H21F2N3O2.ClH/c19-12-2-1-3-13(20)15(12)23-9-4-14(17(23)25)22-16(24)11-10-18(11)5-7-21-8-6-18;/h1-3,11,14,21H,4-10H2,(H,22,24);1H. The van der Waals surface area contributed by atoms with Crippen LogP contribution in [-0.4, -0.2) is 37.5 Å². The maximum absolute atomic E-state index is 13.9. The number of anilines is 1. The van der Waals surface area contributed by atoms with Crippen molar-refractivity contribution < 1.29 is 18.4 Å². The molecule has 1 aromatic carbocycles. The molecular weight excluding hydrogens is 364 g/mol. The van der Waals surface area contributed by atoms with Crippen molar-refractivity contribution in [3.05, 3.63) is 29.8 Å². The fourth-order valence-electron chi connectivity index (χ4n) is 4.25. The average Bonchev–Trinajstić information content (AvgIpc) is 3.17. The topological polar surface area (TPSA) is 61.4 Å². The molecule has 4 rings (SSSR count). The number of rotatable bonds is 3. The second kappa shape index (κ2) is 7.12. The van der Waals surface area contributed by atoms with Gasteiger partial charge in [-0.3, -0.25) is 9.59 Å². The fourth-order valence-corrected chi connectivity index (χ4v) is 4.25. The van der Waals surface area contributed by atoms with Gasteiger partial charge in [0.1, 0.15) is 23.4 Å². The molecule has 8 heteroatoms. The number of carbonyl (C=O) groups is 2. The van der Waals surface area contributed by atoms with Gasteiger partial charge in [-0.2, -0.15) is 0 Å². The second-order valence-electron chi connectivity index (χ2n) is 7.28. The monoisotopic (exact) mass is 385 g/mol. The normalized spacial score (nSPS) is 26.5. The molecule has 2 heterocycles. The van der Waals surface area contributed by atoms with Gasteiger partial charge in [0.2, 0.25) is 11.8 Å². The zero-order valence-electron chi connectivity index (χ0n) is 14.3. The summed E-state index contributed by atoms with van der Waals surface area (Å²) in [6.45, 7) is 2.04. The van der Waals surface area contributed by atoms with Crippen molar-refractivity contribution in [1.82, 2.24) is 10.6 Å². The van der Waals surface area contributed by atoms with Crippen molar-refractivity contribution in [2.45, 2.75) is 31.7 Å². The second-order valence-corrected chi connectivity index (χ2v) is 7.28. The van der Waals surface area contributed by atoms with Crippen molar-refractivity contribution in [3.63, 3.8) is 0 Å². The number of nitrogens with zero attached hydrogens (tertiary/aromatic N) is 1. The van der Waals surface area contributed by atoms with E-state index in [1.165, 1.54) is 6.07 Å². The van der Waals surface area contributed by atoms with Crippen LogP contribution in [0.2, 0.25) is 0 Å². The van der Waals surface area contributed by atoms with Crippen LogP contribution in [0.5, 0.6) is 0 Å². The zero-order chi connectivity index (χ0) is 17.6. The van der Waals surface area contributed by atoms with Gasteiger partial charge in [0.15, 0.2) is 0 Å². The maximum Gasteiger partial charge on any atom is 0.249 e. The average molecular weight is 386 g/mol. The Balaban J connectivity index is 0.00000196. The molecule has 2 N–H and O–H groups in total. The first-order valence-corrected chi connectivity index (χ1v) is 8.78. The van der Waals surface area contributed by atoms with Gasteiger partial charge < -0.3 is 15.5 Å². The van der Waals surface area contributed by atoms with E-state index < -0.39 is 23.6 Å². The molecule has 2 aliphatic heterocycles. The van der Waals surface area contributed by atoms with Crippen LogP contribution in [0.1, 0.15) is 25.7 Å². The van der Waals surface area contributed by atoms with Crippen molar-refractivity contribution in [1.29, 1.82) is 0 Å². The summed E-state index contributed by atoms with van der Waals surface area (Å²) < 4.78 is 27.8. The van der Waals surface area contributed by atoms with E-state index in [-0.39, 0.29) is 41.9 Å². The molecule has 2 saturated heterocycles. The predicted octanol–water partition coefficient (Wildman–Crippen LogP) is 2.00. The SMILES string of the molecule is Cl.O=C(NC1CCN(c2c(F)cccc2F)C1=O)C1CC12CCNCC2. The third-order valence-electron chi connectivity index (χ3n) is 5.84. The van der Waals surface area contributed by atoms with Crippen LogP contribution in [0.15, 0.2) is 18.2 Å². The van der Waals surface area contributed by atoms with Gasteiger partial charge in [-0.1, -0.05) is 6.07 Å². The molecule has 26 heavy (non-hydrogen) atoms. The van der Waals surface area contributed by atoms with E-state index in [2.05, 4.69) is 10.6 Å². The first-order chi connectivity index (χ1) is 12.0. The Kier molecular flexibility index (Phi) is 5.21. The Morgan fingerprint density at radius 2 is 1.88 bits per heavy atom. The molecule has 1 aromatic rings. The number of para-hydroxylation sites is 1. The van der Waals surface area contributed by atoms with Gasteiger partial charge in [0.25, 0.3) is 0 Å². The number of hydrogen-bond donors (Lipinski definition) is 2. The highest BCUT2D eigenvalue weighted by Crippen LogP contribution is 2.58. The summed E-state index contributed by atoms with van der Waals surface area (Å²) in [5.74, 6) is -2.12. The minimum atomic E-state index is -0.767. The molecule has 2 unspecified atom stereocenters. The smallest absolute Gasteiger partial charge is 0.249 e. The highest BCUT2D eigenvalue weighted by molar-refractivity contribution is 6.02. The molecule has 142 valence electrons. The van der Waals surface area contributed by atoms with Crippen LogP contribution < -0.4 is 15.5 Å².